The van der Waals surface area contributed by atoms with Crippen LogP contribution in [0.15, 0.2) is 59.3 Å². The van der Waals surface area contributed by atoms with E-state index < -0.39 is 0 Å². The standard InChI is InChI=1S/C18H15BrN2O2/c19-16-17(14-5-1-12(9-22)2-6-14)20-11-21-18(16)15-7-3-13(10-23)4-8-15/h1-8,11,22-23H,9-10H2. The van der Waals surface area contributed by atoms with E-state index in [0.29, 0.717) is 0 Å². The van der Waals surface area contributed by atoms with Crippen molar-refractivity contribution >= 4 is 15.9 Å². The van der Waals surface area contributed by atoms with Crippen LogP contribution < -0.4 is 0 Å². The number of hydrogen-bond acceptors (Lipinski definition) is 4. The second-order valence-electron chi connectivity index (χ2n) is 5.09. The molecule has 3 rings (SSSR count). The summed E-state index contributed by atoms with van der Waals surface area (Å²) in [7, 11) is 0. The molecule has 0 spiro atoms. The molecule has 1 aromatic heterocycles. The zero-order valence-corrected chi connectivity index (χ0v) is 13.9. The first kappa shape index (κ1) is 15.8. The first-order valence-corrected chi connectivity index (χ1v) is 7.93. The SMILES string of the molecule is OCc1ccc(-c2ncnc(-c3ccc(CO)cc3)c2Br)cc1. The van der Waals surface area contributed by atoms with E-state index in [1.807, 2.05) is 48.5 Å². The van der Waals surface area contributed by atoms with Gasteiger partial charge in [0.25, 0.3) is 0 Å². The smallest absolute Gasteiger partial charge is 0.116 e. The molecular formula is C18H15BrN2O2. The number of aliphatic hydroxyl groups excluding tert-OH is 2. The number of rotatable bonds is 4. The van der Waals surface area contributed by atoms with E-state index in [2.05, 4.69) is 25.9 Å². The van der Waals surface area contributed by atoms with Crippen molar-refractivity contribution in [1.29, 1.82) is 0 Å². The molecule has 1 heterocycles. The molecular weight excluding hydrogens is 356 g/mol. The average Bonchev–Trinajstić information content (AvgIpc) is 2.62. The van der Waals surface area contributed by atoms with Crippen LogP contribution in [0.1, 0.15) is 11.1 Å². The van der Waals surface area contributed by atoms with Crippen LogP contribution in [0.2, 0.25) is 0 Å². The van der Waals surface area contributed by atoms with E-state index in [4.69, 9.17) is 10.2 Å². The molecule has 0 atom stereocenters. The molecule has 0 aliphatic carbocycles. The van der Waals surface area contributed by atoms with Gasteiger partial charge in [-0.3, -0.25) is 0 Å². The Labute approximate surface area is 142 Å². The second-order valence-corrected chi connectivity index (χ2v) is 5.89. The van der Waals surface area contributed by atoms with Crippen molar-refractivity contribution in [2.45, 2.75) is 13.2 Å². The minimum atomic E-state index is 0.0215. The van der Waals surface area contributed by atoms with Gasteiger partial charge in [0.2, 0.25) is 0 Å². The van der Waals surface area contributed by atoms with Gasteiger partial charge >= 0.3 is 0 Å². The fourth-order valence-corrected chi connectivity index (χ4v) is 2.97. The first-order valence-electron chi connectivity index (χ1n) is 7.13. The van der Waals surface area contributed by atoms with Crippen molar-refractivity contribution in [3.63, 3.8) is 0 Å². The Balaban J connectivity index is 2.02. The minimum Gasteiger partial charge on any atom is -0.392 e. The Morgan fingerprint density at radius 1 is 0.696 bits per heavy atom. The summed E-state index contributed by atoms with van der Waals surface area (Å²) in [6.45, 7) is 0.0430. The summed E-state index contributed by atoms with van der Waals surface area (Å²) in [5, 5.41) is 18.3. The summed E-state index contributed by atoms with van der Waals surface area (Å²) < 4.78 is 0.813. The van der Waals surface area contributed by atoms with Crippen LogP contribution in [0, 0.1) is 0 Å². The molecule has 0 saturated heterocycles. The third-order valence-corrected chi connectivity index (χ3v) is 4.36. The molecule has 0 amide bonds. The van der Waals surface area contributed by atoms with E-state index >= 15 is 0 Å². The summed E-state index contributed by atoms with van der Waals surface area (Å²) in [4.78, 5) is 8.73. The monoisotopic (exact) mass is 370 g/mol. The molecule has 3 aromatic rings. The molecule has 0 unspecified atom stereocenters. The summed E-state index contributed by atoms with van der Waals surface area (Å²) in [6, 6.07) is 15.2. The lowest BCUT2D eigenvalue weighted by Crippen LogP contribution is -1.93. The molecule has 0 radical (unpaired) electrons. The maximum atomic E-state index is 9.14. The van der Waals surface area contributed by atoms with Crippen LogP contribution in [0.4, 0.5) is 0 Å². The normalized spacial score (nSPS) is 10.7. The number of aromatic nitrogens is 2. The van der Waals surface area contributed by atoms with Gasteiger partial charge in [0.1, 0.15) is 6.33 Å². The highest BCUT2D eigenvalue weighted by atomic mass is 79.9. The summed E-state index contributed by atoms with van der Waals surface area (Å²) in [5.74, 6) is 0. The van der Waals surface area contributed by atoms with Crippen LogP contribution in [-0.4, -0.2) is 20.2 Å². The number of halogens is 1. The first-order chi connectivity index (χ1) is 11.2. The number of aliphatic hydroxyl groups is 2. The van der Waals surface area contributed by atoms with E-state index in [-0.39, 0.29) is 13.2 Å². The van der Waals surface area contributed by atoms with Gasteiger partial charge in [0, 0.05) is 11.1 Å². The Hall–Kier alpha value is -2.08. The third-order valence-electron chi connectivity index (χ3n) is 3.61. The lowest BCUT2D eigenvalue weighted by Gasteiger charge is -2.09. The summed E-state index contributed by atoms with van der Waals surface area (Å²) in [5.41, 5.74) is 5.21. The largest absolute Gasteiger partial charge is 0.392 e. The van der Waals surface area contributed by atoms with Crippen molar-refractivity contribution in [2.75, 3.05) is 0 Å². The van der Waals surface area contributed by atoms with Crippen molar-refractivity contribution in [3.05, 3.63) is 70.5 Å². The van der Waals surface area contributed by atoms with Crippen LogP contribution in [0.25, 0.3) is 22.5 Å². The van der Waals surface area contributed by atoms with Gasteiger partial charge in [-0.25, -0.2) is 9.97 Å². The highest BCUT2D eigenvalue weighted by Gasteiger charge is 2.12. The Bertz CT molecular complexity index is 737. The van der Waals surface area contributed by atoms with Crippen molar-refractivity contribution in [3.8, 4) is 22.5 Å². The quantitative estimate of drug-likeness (QED) is 0.736. The van der Waals surface area contributed by atoms with Gasteiger partial charge in [-0.2, -0.15) is 0 Å². The summed E-state index contributed by atoms with van der Waals surface area (Å²) in [6.07, 6.45) is 1.54. The Kier molecular flexibility index (Phi) is 4.81. The van der Waals surface area contributed by atoms with E-state index in [1.54, 1.807) is 0 Å². The van der Waals surface area contributed by atoms with Crippen LogP contribution >= 0.6 is 15.9 Å². The van der Waals surface area contributed by atoms with Crippen LogP contribution in [-0.2, 0) is 13.2 Å². The molecule has 5 heteroatoms. The lowest BCUT2D eigenvalue weighted by atomic mass is 10.1. The Morgan fingerprint density at radius 2 is 1.09 bits per heavy atom. The molecule has 0 aliphatic heterocycles. The molecule has 0 saturated carbocycles. The van der Waals surface area contributed by atoms with Gasteiger partial charge in [-0.15, -0.1) is 0 Å². The molecule has 2 aromatic carbocycles. The maximum absolute atomic E-state index is 9.14. The molecule has 0 fully saturated rings. The van der Waals surface area contributed by atoms with E-state index in [0.717, 1.165) is 38.1 Å². The van der Waals surface area contributed by atoms with E-state index in [1.165, 1.54) is 6.33 Å². The lowest BCUT2D eigenvalue weighted by molar-refractivity contribution is 0.281. The van der Waals surface area contributed by atoms with Gasteiger partial charge in [0.05, 0.1) is 29.1 Å². The highest BCUT2D eigenvalue weighted by Crippen LogP contribution is 2.33. The molecule has 4 nitrogen and oxygen atoms in total. The maximum Gasteiger partial charge on any atom is 0.116 e. The fourth-order valence-electron chi connectivity index (χ4n) is 2.31. The minimum absolute atomic E-state index is 0.0215. The molecule has 2 N–H and O–H groups in total. The zero-order chi connectivity index (χ0) is 16.2. The van der Waals surface area contributed by atoms with Gasteiger partial charge in [-0.05, 0) is 27.1 Å². The molecule has 0 bridgehead atoms. The van der Waals surface area contributed by atoms with Crippen molar-refractivity contribution in [2.24, 2.45) is 0 Å². The molecule has 23 heavy (non-hydrogen) atoms. The predicted molar refractivity (Wildman–Crippen MR) is 92.4 cm³/mol. The summed E-state index contributed by atoms with van der Waals surface area (Å²) >= 11 is 3.60. The third kappa shape index (κ3) is 3.32. The highest BCUT2D eigenvalue weighted by molar-refractivity contribution is 9.10. The number of nitrogens with zero attached hydrogens (tertiary/aromatic N) is 2. The zero-order valence-electron chi connectivity index (χ0n) is 12.3. The van der Waals surface area contributed by atoms with Gasteiger partial charge < -0.3 is 10.2 Å². The number of benzene rings is 2. The average molecular weight is 371 g/mol. The molecule has 0 aliphatic rings. The second kappa shape index (κ2) is 7.00. The van der Waals surface area contributed by atoms with Gasteiger partial charge in [-0.1, -0.05) is 48.5 Å². The molecule has 116 valence electrons. The Morgan fingerprint density at radius 3 is 1.43 bits per heavy atom. The topological polar surface area (TPSA) is 66.2 Å². The van der Waals surface area contributed by atoms with Crippen LogP contribution in [0.3, 0.4) is 0 Å². The van der Waals surface area contributed by atoms with Gasteiger partial charge in [0.15, 0.2) is 0 Å². The van der Waals surface area contributed by atoms with Crippen LogP contribution in [0.5, 0.6) is 0 Å². The number of hydrogen-bond donors (Lipinski definition) is 2. The van der Waals surface area contributed by atoms with Crippen molar-refractivity contribution < 1.29 is 10.2 Å². The predicted octanol–water partition coefficient (Wildman–Crippen LogP) is 3.56. The van der Waals surface area contributed by atoms with Crippen molar-refractivity contribution in [1.82, 2.24) is 9.97 Å². The van der Waals surface area contributed by atoms with E-state index in [9.17, 15) is 0 Å². The fraction of sp³-hybridized carbons (Fsp3) is 0.111.